The average molecular weight is 412 g/mol. The van der Waals surface area contributed by atoms with Gasteiger partial charge in [-0.3, -0.25) is 4.79 Å². The smallest absolute Gasteiger partial charge is 0.292 e. The van der Waals surface area contributed by atoms with Gasteiger partial charge in [-0.15, -0.1) is 0 Å². The molecular formula is C22H22ClN3O3. The van der Waals surface area contributed by atoms with E-state index in [9.17, 15) is 4.79 Å². The van der Waals surface area contributed by atoms with E-state index in [4.69, 9.17) is 21.1 Å². The number of nitrogens with zero attached hydrogens (tertiary/aromatic N) is 2. The Kier molecular flexibility index (Phi) is 5.45. The zero-order chi connectivity index (χ0) is 20.4. The van der Waals surface area contributed by atoms with E-state index in [-0.39, 0.29) is 16.7 Å². The third-order valence-electron chi connectivity index (χ3n) is 4.77. The molecule has 29 heavy (non-hydrogen) atoms. The Morgan fingerprint density at radius 2 is 2.10 bits per heavy atom. The van der Waals surface area contributed by atoms with Gasteiger partial charge in [-0.05, 0) is 38.1 Å². The molecule has 2 aromatic carbocycles. The molecular weight excluding hydrogens is 390 g/mol. The first-order valence-electron chi connectivity index (χ1n) is 9.59. The number of hydrogen-bond acceptors (Lipinski definition) is 5. The topological polar surface area (TPSA) is 65.4 Å². The average Bonchev–Trinajstić information content (AvgIpc) is 3.08. The maximum Gasteiger partial charge on any atom is 0.292 e. The summed E-state index contributed by atoms with van der Waals surface area (Å²) in [6.45, 7) is 4.99. The van der Waals surface area contributed by atoms with E-state index in [0.717, 1.165) is 29.0 Å². The van der Waals surface area contributed by atoms with Crippen LogP contribution < -0.4 is 20.3 Å². The molecule has 1 aliphatic heterocycles. The summed E-state index contributed by atoms with van der Waals surface area (Å²) in [5.74, 6) is 1.68. The molecule has 1 N–H and O–H groups in total. The number of fused-ring (bicyclic) bond motifs is 1. The molecule has 0 fully saturated rings. The second-order valence-corrected chi connectivity index (χ2v) is 7.29. The van der Waals surface area contributed by atoms with E-state index in [1.165, 1.54) is 4.68 Å². The Morgan fingerprint density at radius 1 is 1.31 bits per heavy atom. The van der Waals surface area contributed by atoms with E-state index < -0.39 is 0 Å². The summed E-state index contributed by atoms with van der Waals surface area (Å²) >= 11 is 6.34. The Bertz CT molecular complexity index is 1080. The van der Waals surface area contributed by atoms with Crippen LogP contribution in [0.25, 0.3) is 5.69 Å². The molecule has 0 amide bonds. The molecule has 6 nitrogen and oxygen atoms in total. The molecule has 1 aliphatic rings. The number of aromatic nitrogens is 2. The predicted octanol–water partition coefficient (Wildman–Crippen LogP) is 4.22. The molecule has 0 bridgehead atoms. The molecule has 0 unspecified atom stereocenters. The van der Waals surface area contributed by atoms with E-state index >= 15 is 0 Å². The van der Waals surface area contributed by atoms with Gasteiger partial charge in [0.1, 0.15) is 22.6 Å². The highest BCUT2D eigenvalue weighted by molar-refractivity contribution is 6.32. The largest absolute Gasteiger partial charge is 0.494 e. The SMILES string of the molecule is CCOc1cc2c(cc1CNc1cnn(-c3ccccc3)c(=O)c1Cl)O[C@@H](C)C2. The highest BCUT2D eigenvalue weighted by atomic mass is 35.5. The van der Waals surface area contributed by atoms with Crippen LogP contribution in [0.4, 0.5) is 5.69 Å². The molecule has 2 heterocycles. The fourth-order valence-electron chi connectivity index (χ4n) is 3.41. The van der Waals surface area contributed by atoms with Crippen LogP contribution in [0.2, 0.25) is 5.02 Å². The van der Waals surface area contributed by atoms with Gasteiger partial charge in [0, 0.05) is 24.1 Å². The van der Waals surface area contributed by atoms with E-state index in [2.05, 4.69) is 10.4 Å². The first-order chi connectivity index (χ1) is 14.1. The number of para-hydroxylation sites is 1. The van der Waals surface area contributed by atoms with Gasteiger partial charge in [-0.2, -0.15) is 9.78 Å². The maximum atomic E-state index is 12.6. The highest BCUT2D eigenvalue weighted by Crippen LogP contribution is 2.35. The van der Waals surface area contributed by atoms with Gasteiger partial charge in [0.05, 0.1) is 24.2 Å². The Balaban J connectivity index is 1.59. The van der Waals surface area contributed by atoms with Gasteiger partial charge in [-0.25, -0.2) is 0 Å². The van der Waals surface area contributed by atoms with Gasteiger partial charge in [0.15, 0.2) is 0 Å². The molecule has 4 rings (SSSR count). The lowest BCUT2D eigenvalue weighted by molar-refractivity contribution is 0.254. The lowest BCUT2D eigenvalue weighted by Crippen LogP contribution is -2.22. The van der Waals surface area contributed by atoms with Crippen molar-refractivity contribution in [2.45, 2.75) is 32.9 Å². The first-order valence-corrected chi connectivity index (χ1v) is 9.97. The van der Waals surface area contributed by atoms with Crippen LogP contribution in [0.3, 0.4) is 0 Å². The van der Waals surface area contributed by atoms with Crippen molar-refractivity contribution in [3.8, 4) is 17.2 Å². The zero-order valence-corrected chi connectivity index (χ0v) is 17.1. The molecule has 0 spiro atoms. The molecule has 0 saturated carbocycles. The first kappa shape index (κ1) is 19.3. The van der Waals surface area contributed by atoms with Crippen molar-refractivity contribution >= 4 is 17.3 Å². The summed E-state index contributed by atoms with van der Waals surface area (Å²) in [7, 11) is 0. The molecule has 3 aromatic rings. The number of hydrogen-bond donors (Lipinski definition) is 1. The van der Waals surface area contributed by atoms with Crippen molar-refractivity contribution in [2.24, 2.45) is 0 Å². The number of halogens is 1. The highest BCUT2D eigenvalue weighted by Gasteiger charge is 2.22. The molecule has 1 aromatic heterocycles. The minimum Gasteiger partial charge on any atom is -0.494 e. The number of ether oxygens (including phenoxy) is 2. The van der Waals surface area contributed by atoms with Crippen molar-refractivity contribution < 1.29 is 9.47 Å². The molecule has 0 saturated heterocycles. The molecule has 7 heteroatoms. The van der Waals surface area contributed by atoms with Crippen LogP contribution in [-0.2, 0) is 13.0 Å². The van der Waals surface area contributed by atoms with Gasteiger partial charge >= 0.3 is 0 Å². The van der Waals surface area contributed by atoms with Crippen molar-refractivity contribution in [1.82, 2.24) is 9.78 Å². The molecule has 0 radical (unpaired) electrons. The standard InChI is InChI=1S/C22H22ClN3O3/c1-3-28-19-10-15-9-14(2)29-20(15)11-16(19)12-24-18-13-25-26(22(27)21(18)23)17-7-5-4-6-8-17/h4-8,10-11,13-14,24H,3,9,12H2,1-2H3/t14-/m0/s1. The Hall–Kier alpha value is -2.99. The van der Waals surface area contributed by atoms with E-state index in [0.29, 0.717) is 24.5 Å². The van der Waals surface area contributed by atoms with Crippen LogP contribution in [0, 0.1) is 0 Å². The zero-order valence-electron chi connectivity index (χ0n) is 16.3. The van der Waals surface area contributed by atoms with Gasteiger partial charge in [-0.1, -0.05) is 29.8 Å². The number of benzene rings is 2. The van der Waals surface area contributed by atoms with Crippen LogP contribution in [0.5, 0.6) is 11.5 Å². The van der Waals surface area contributed by atoms with Crippen molar-refractivity contribution in [1.29, 1.82) is 0 Å². The summed E-state index contributed by atoms with van der Waals surface area (Å²) in [6.07, 6.45) is 2.59. The molecule has 1 atom stereocenters. The number of nitrogens with one attached hydrogen (secondary N) is 1. The van der Waals surface area contributed by atoms with Crippen LogP contribution in [0.15, 0.2) is 53.5 Å². The Labute approximate surface area is 174 Å². The summed E-state index contributed by atoms with van der Waals surface area (Å²) < 4.78 is 13.0. The van der Waals surface area contributed by atoms with Crippen LogP contribution >= 0.6 is 11.6 Å². The second-order valence-electron chi connectivity index (χ2n) is 6.91. The summed E-state index contributed by atoms with van der Waals surface area (Å²) in [6, 6.07) is 13.2. The number of anilines is 1. The summed E-state index contributed by atoms with van der Waals surface area (Å²) in [4.78, 5) is 12.6. The number of rotatable bonds is 6. The van der Waals surface area contributed by atoms with Crippen molar-refractivity contribution in [3.63, 3.8) is 0 Å². The third kappa shape index (κ3) is 3.93. The third-order valence-corrected chi connectivity index (χ3v) is 5.13. The lowest BCUT2D eigenvalue weighted by Gasteiger charge is -2.15. The minimum absolute atomic E-state index is 0.0906. The van der Waals surface area contributed by atoms with E-state index in [1.54, 1.807) is 18.3 Å². The van der Waals surface area contributed by atoms with Gasteiger partial charge < -0.3 is 14.8 Å². The fraction of sp³-hybridized carbons (Fsp3) is 0.273. The van der Waals surface area contributed by atoms with Crippen molar-refractivity contribution in [2.75, 3.05) is 11.9 Å². The fourth-order valence-corrected chi connectivity index (χ4v) is 3.60. The molecule has 150 valence electrons. The van der Waals surface area contributed by atoms with E-state index in [1.807, 2.05) is 44.2 Å². The lowest BCUT2D eigenvalue weighted by atomic mass is 10.1. The monoisotopic (exact) mass is 411 g/mol. The molecule has 0 aliphatic carbocycles. The summed E-state index contributed by atoms with van der Waals surface area (Å²) in [5, 5.41) is 7.55. The quantitative estimate of drug-likeness (QED) is 0.657. The van der Waals surface area contributed by atoms with Crippen LogP contribution in [0.1, 0.15) is 25.0 Å². The second kappa shape index (κ2) is 8.17. The summed E-state index contributed by atoms with van der Waals surface area (Å²) in [5.41, 5.74) is 2.84. The van der Waals surface area contributed by atoms with Gasteiger partial charge in [0.2, 0.25) is 0 Å². The maximum absolute atomic E-state index is 12.6. The minimum atomic E-state index is -0.376. The predicted molar refractivity (Wildman–Crippen MR) is 114 cm³/mol. The Morgan fingerprint density at radius 3 is 2.86 bits per heavy atom. The normalized spacial score (nSPS) is 14.9. The van der Waals surface area contributed by atoms with Crippen molar-refractivity contribution in [3.05, 3.63) is 75.2 Å². The van der Waals surface area contributed by atoms with Gasteiger partial charge in [0.25, 0.3) is 5.56 Å². The van der Waals surface area contributed by atoms with Crippen LogP contribution in [-0.4, -0.2) is 22.5 Å².